The molecule has 3 atom stereocenters. The fraction of sp³-hybridized carbons (Fsp3) is 0.435. The van der Waals surface area contributed by atoms with E-state index >= 15 is 0 Å². The summed E-state index contributed by atoms with van der Waals surface area (Å²) in [6.07, 6.45) is 2.84. The summed E-state index contributed by atoms with van der Waals surface area (Å²) in [5, 5.41) is 5.70. The van der Waals surface area contributed by atoms with Gasteiger partial charge >= 0.3 is 0 Å². The second-order valence-corrected chi connectivity index (χ2v) is 8.92. The number of piperidine rings is 2. The highest BCUT2D eigenvalue weighted by molar-refractivity contribution is 5.94. The number of aromatic nitrogens is 3. The molecule has 2 fully saturated rings. The highest BCUT2D eigenvalue weighted by Gasteiger charge is 2.27. The zero-order valence-corrected chi connectivity index (χ0v) is 18.2. The number of benzene rings is 2. The molecule has 3 heterocycles. The van der Waals surface area contributed by atoms with Crippen LogP contribution >= 0.6 is 0 Å². The number of nitrogens with zero attached hydrogens (tertiary/aromatic N) is 5. The number of rotatable bonds is 4. The molecule has 2 saturated heterocycles. The summed E-state index contributed by atoms with van der Waals surface area (Å²) in [5.41, 5.74) is 19.7. The Bertz CT molecular complexity index is 1070. The van der Waals surface area contributed by atoms with Crippen LogP contribution in [0, 0.1) is 0 Å². The van der Waals surface area contributed by atoms with Crippen molar-refractivity contribution in [2.45, 2.75) is 37.4 Å². The Hall–Kier alpha value is -3.01. The first kappa shape index (κ1) is 20.9. The van der Waals surface area contributed by atoms with Gasteiger partial charge in [-0.1, -0.05) is 36.4 Å². The molecule has 9 nitrogen and oxygen atoms in total. The molecule has 32 heavy (non-hydrogen) atoms. The Morgan fingerprint density at radius 3 is 2.25 bits per heavy atom. The minimum absolute atomic E-state index is 0.00292. The average Bonchev–Trinajstić information content (AvgIpc) is 2.78. The van der Waals surface area contributed by atoms with E-state index < -0.39 is 0 Å². The standard InChI is InChI=1S/C23H31N9/c24-16-7-4-10-31(12-16)22-28-21(27-20-9-3-6-15-5-1-2-8-19(15)20)29-23(30-22)32-13-17(25)11-18(26)14-32/h1-3,5-6,8-9,16-18H,4,7,10-14,24-26H2,(H,27,28,29,30)/t16-,17-,18+/m0/s1. The van der Waals surface area contributed by atoms with Crippen molar-refractivity contribution in [1.82, 2.24) is 15.0 Å². The van der Waals surface area contributed by atoms with Crippen LogP contribution in [0.2, 0.25) is 0 Å². The molecule has 168 valence electrons. The van der Waals surface area contributed by atoms with E-state index in [1.165, 1.54) is 0 Å². The zero-order valence-electron chi connectivity index (χ0n) is 18.2. The summed E-state index contributed by atoms with van der Waals surface area (Å²) < 4.78 is 0. The molecule has 0 amide bonds. The van der Waals surface area contributed by atoms with Crippen LogP contribution in [0.3, 0.4) is 0 Å². The Morgan fingerprint density at radius 1 is 0.781 bits per heavy atom. The molecule has 3 aromatic rings. The molecule has 0 aliphatic carbocycles. The molecule has 2 aliphatic heterocycles. The minimum Gasteiger partial charge on any atom is -0.339 e. The van der Waals surface area contributed by atoms with Gasteiger partial charge in [-0.3, -0.25) is 0 Å². The Kier molecular flexibility index (Phi) is 5.77. The van der Waals surface area contributed by atoms with Crippen LogP contribution in [0.4, 0.5) is 23.5 Å². The van der Waals surface area contributed by atoms with E-state index in [0.717, 1.165) is 48.8 Å². The van der Waals surface area contributed by atoms with Gasteiger partial charge in [0.1, 0.15) is 0 Å². The number of nitrogens with one attached hydrogen (secondary N) is 1. The number of hydrogen-bond donors (Lipinski definition) is 4. The van der Waals surface area contributed by atoms with Crippen molar-refractivity contribution >= 4 is 34.3 Å². The first-order valence-electron chi connectivity index (χ1n) is 11.3. The third-order valence-electron chi connectivity index (χ3n) is 6.19. The van der Waals surface area contributed by atoms with Gasteiger partial charge in [0.05, 0.1) is 0 Å². The highest BCUT2D eigenvalue weighted by Crippen LogP contribution is 2.27. The van der Waals surface area contributed by atoms with Gasteiger partial charge in [-0.15, -0.1) is 0 Å². The lowest BCUT2D eigenvalue weighted by Crippen LogP contribution is -2.53. The van der Waals surface area contributed by atoms with Gasteiger partial charge in [0.25, 0.3) is 0 Å². The van der Waals surface area contributed by atoms with Crippen molar-refractivity contribution in [2.24, 2.45) is 17.2 Å². The van der Waals surface area contributed by atoms with E-state index in [1.807, 2.05) is 24.3 Å². The van der Waals surface area contributed by atoms with E-state index in [4.69, 9.17) is 32.2 Å². The molecule has 0 spiro atoms. The summed E-state index contributed by atoms with van der Waals surface area (Å²) in [6.45, 7) is 2.95. The number of anilines is 4. The molecular formula is C23H31N9. The minimum atomic E-state index is -0.00292. The summed E-state index contributed by atoms with van der Waals surface area (Å²) in [5.74, 6) is 1.75. The van der Waals surface area contributed by atoms with Gasteiger partial charge < -0.3 is 32.3 Å². The number of nitrogens with two attached hydrogens (primary N) is 3. The molecule has 0 bridgehead atoms. The van der Waals surface area contributed by atoms with Crippen molar-refractivity contribution < 1.29 is 0 Å². The first-order chi connectivity index (χ1) is 15.5. The zero-order chi connectivity index (χ0) is 22.1. The second-order valence-electron chi connectivity index (χ2n) is 8.92. The maximum atomic E-state index is 6.24. The van der Waals surface area contributed by atoms with Gasteiger partial charge in [-0.25, -0.2) is 0 Å². The van der Waals surface area contributed by atoms with Gasteiger partial charge in [0, 0.05) is 55.4 Å². The lowest BCUT2D eigenvalue weighted by Gasteiger charge is -2.35. The van der Waals surface area contributed by atoms with Gasteiger partial charge in [-0.2, -0.15) is 15.0 Å². The SMILES string of the molecule is N[C@@H]1C[C@H](N)CN(c2nc(Nc3cccc4ccccc34)nc(N3CCC[C@H](N)C3)n2)C1. The fourth-order valence-electron chi connectivity index (χ4n) is 4.68. The summed E-state index contributed by atoms with van der Waals surface area (Å²) in [4.78, 5) is 18.6. The van der Waals surface area contributed by atoms with Crippen molar-refractivity contribution in [2.75, 3.05) is 41.3 Å². The fourth-order valence-corrected chi connectivity index (χ4v) is 4.68. The molecule has 0 saturated carbocycles. The average molecular weight is 434 g/mol. The Balaban J connectivity index is 1.52. The smallest absolute Gasteiger partial charge is 0.233 e. The van der Waals surface area contributed by atoms with Crippen LogP contribution in [-0.2, 0) is 0 Å². The monoisotopic (exact) mass is 433 g/mol. The molecule has 0 unspecified atom stereocenters. The predicted octanol–water partition coefficient (Wildman–Crippen LogP) is 1.56. The maximum Gasteiger partial charge on any atom is 0.233 e. The second kappa shape index (κ2) is 8.85. The number of hydrogen-bond acceptors (Lipinski definition) is 9. The largest absolute Gasteiger partial charge is 0.339 e. The van der Waals surface area contributed by atoms with Crippen molar-refractivity contribution in [3.8, 4) is 0 Å². The maximum absolute atomic E-state index is 6.24. The molecule has 7 N–H and O–H groups in total. The van der Waals surface area contributed by atoms with Crippen LogP contribution in [0.1, 0.15) is 19.3 Å². The molecule has 2 aliphatic rings. The van der Waals surface area contributed by atoms with E-state index in [2.05, 4.69) is 33.3 Å². The van der Waals surface area contributed by atoms with Crippen LogP contribution in [-0.4, -0.2) is 59.3 Å². The van der Waals surface area contributed by atoms with Crippen LogP contribution < -0.4 is 32.3 Å². The molecule has 2 aromatic carbocycles. The summed E-state index contributed by atoms with van der Waals surface area (Å²) >= 11 is 0. The Labute approximate surface area is 188 Å². The molecular weight excluding hydrogens is 402 g/mol. The van der Waals surface area contributed by atoms with Gasteiger partial charge in [0.15, 0.2) is 0 Å². The van der Waals surface area contributed by atoms with Gasteiger partial charge in [-0.05, 0) is 30.7 Å². The topological polar surface area (TPSA) is 135 Å². The summed E-state index contributed by atoms with van der Waals surface area (Å²) in [6, 6.07) is 14.5. The molecule has 5 rings (SSSR count). The van der Waals surface area contributed by atoms with E-state index in [1.54, 1.807) is 0 Å². The normalized spacial score (nSPS) is 24.0. The quantitative estimate of drug-likeness (QED) is 0.483. The van der Waals surface area contributed by atoms with Gasteiger partial charge in [0.2, 0.25) is 17.8 Å². The van der Waals surface area contributed by atoms with Crippen molar-refractivity contribution in [3.63, 3.8) is 0 Å². The van der Waals surface area contributed by atoms with Crippen molar-refractivity contribution in [1.29, 1.82) is 0 Å². The molecule has 1 aromatic heterocycles. The Morgan fingerprint density at radius 2 is 1.47 bits per heavy atom. The third-order valence-corrected chi connectivity index (χ3v) is 6.19. The van der Waals surface area contributed by atoms with Crippen LogP contribution in [0.15, 0.2) is 42.5 Å². The first-order valence-corrected chi connectivity index (χ1v) is 11.3. The van der Waals surface area contributed by atoms with Crippen molar-refractivity contribution in [3.05, 3.63) is 42.5 Å². The van der Waals surface area contributed by atoms with Crippen LogP contribution in [0.25, 0.3) is 10.8 Å². The van der Waals surface area contributed by atoms with E-state index in [0.29, 0.717) is 30.9 Å². The van der Waals surface area contributed by atoms with Crippen LogP contribution in [0.5, 0.6) is 0 Å². The predicted molar refractivity (Wildman–Crippen MR) is 129 cm³/mol. The lowest BCUT2D eigenvalue weighted by molar-refractivity contribution is 0.446. The lowest BCUT2D eigenvalue weighted by atomic mass is 10.0. The van der Waals surface area contributed by atoms with E-state index in [-0.39, 0.29) is 18.1 Å². The third kappa shape index (κ3) is 4.45. The highest BCUT2D eigenvalue weighted by atomic mass is 15.4. The van der Waals surface area contributed by atoms with E-state index in [9.17, 15) is 0 Å². The molecule has 0 radical (unpaired) electrons. The number of fused-ring (bicyclic) bond motifs is 1. The summed E-state index contributed by atoms with van der Waals surface area (Å²) in [7, 11) is 0. The molecule has 9 heteroatoms.